The Hall–Kier alpha value is -2.31. The van der Waals surface area contributed by atoms with E-state index in [2.05, 4.69) is 40.1 Å². The number of pyridine rings is 1. The molecule has 2 aliphatic rings. The summed E-state index contributed by atoms with van der Waals surface area (Å²) >= 11 is 0. The highest BCUT2D eigenvalue weighted by molar-refractivity contribution is 5.92. The number of hydrogen-bond acceptors (Lipinski definition) is 4. The van der Waals surface area contributed by atoms with Gasteiger partial charge in [-0.1, -0.05) is 0 Å². The molecule has 1 amide bonds. The van der Waals surface area contributed by atoms with E-state index in [9.17, 15) is 9.18 Å². The van der Waals surface area contributed by atoms with Crippen LogP contribution in [0.1, 0.15) is 30.4 Å². The van der Waals surface area contributed by atoms with Crippen LogP contribution >= 0.6 is 0 Å². The number of halogens is 1. The monoisotopic (exact) mass is 410 g/mol. The van der Waals surface area contributed by atoms with Gasteiger partial charge in [0.05, 0.1) is 5.92 Å². The van der Waals surface area contributed by atoms with Crippen molar-refractivity contribution in [3.63, 3.8) is 0 Å². The summed E-state index contributed by atoms with van der Waals surface area (Å²) in [6.07, 6.45) is 7.06. The highest BCUT2D eigenvalue weighted by Gasteiger charge is 2.39. The molecule has 2 saturated heterocycles. The summed E-state index contributed by atoms with van der Waals surface area (Å²) in [7, 11) is 2.14. The number of hydrogen-bond donors (Lipinski definition) is 1. The molecule has 1 aromatic carbocycles. The molecule has 0 aliphatic carbocycles. The minimum absolute atomic E-state index is 0.0115. The van der Waals surface area contributed by atoms with E-state index in [0.29, 0.717) is 17.6 Å². The van der Waals surface area contributed by atoms with Crippen LogP contribution in [0, 0.1) is 24.6 Å². The lowest BCUT2D eigenvalue weighted by Crippen LogP contribution is -2.41. The van der Waals surface area contributed by atoms with Gasteiger partial charge in [-0.25, -0.2) is 4.39 Å². The summed E-state index contributed by atoms with van der Waals surface area (Å²) in [6, 6.07) is 8.56. The Morgan fingerprint density at radius 3 is 2.63 bits per heavy atom. The van der Waals surface area contributed by atoms with Crippen molar-refractivity contribution in [1.29, 1.82) is 0 Å². The van der Waals surface area contributed by atoms with Gasteiger partial charge >= 0.3 is 0 Å². The molecule has 3 heterocycles. The van der Waals surface area contributed by atoms with Gasteiger partial charge in [-0.15, -0.1) is 0 Å². The molecule has 1 N–H and O–H groups in total. The second kappa shape index (κ2) is 9.23. The Kier molecular flexibility index (Phi) is 6.44. The first-order valence-electron chi connectivity index (χ1n) is 10.9. The molecular weight excluding hydrogens is 379 g/mol. The van der Waals surface area contributed by atoms with Crippen molar-refractivity contribution < 1.29 is 9.18 Å². The van der Waals surface area contributed by atoms with Gasteiger partial charge in [0.2, 0.25) is 5.91 Å². The van der Waals surface area contributed by atoms with Gasteiger partial charge in [-0.2, -0.15) is 0 Å². The molecule has 0 bridgehead atoms. The summed E-state index contributed by atoms with van der Waals surface area (Å²) in [6.45, 7) is 6.10. The van der Waals surface area contributed by atoms with Crippen molar-refractivity contribution >= 4 is 11.6 Å². The van der Waals surface area contributed by atoms with Crippen LogP contribution < -0.4 is 5.32 Å². The smallest absolute Gasteiger partial charge is 0.228 e. The molecule has 6 heteroatoms. The number of anilines is 1. The first-order valence-corrected chi connectivity index (χ1v) is 10.9. The molecule has 0 radical (unpaired) electrons. The SMILES string of the molecule is Cc1cnccc1CN1CCC([C@@H]2C[C@@H](C(=O)Nc3ccc(F)cc3)CN2C)CC1. The summed E-state index contributed by atoms with van der Waals surface area (Å²) in [5.74, 6) is 0.372. The van der Waals surface area contributed by atoms with Crippen molar-refractivity contribution in [2.24, 2.45) is 11.8 Å². The van der Waals surface area contributed by atoms with Crippen LogP contribution in [0.4, 0.5) is 10.1 Å². The van der Waals surface area contributed by atoms with E-state index in [4.69, 9.17) is 0 Å². The van der Waals surface area contributed by atoms with Gasteiger partial charge in [0.25, 0.3) is 0 Å². The molecule has 160 valence electrons. The van der Waals surface area contributed by atoms with Gasteiger partial charge in [0.1, 0.15) is 5.82 Å². The summed E-state index contributed by atoms with van der Waals surface area (Å²) in [4.78, 5) is 21.8. The van der Waals surface area contributed by atoms with Crippen LogP contribution in [0.2, 0.25) is 0 Å². The lowest BCUT2D eigenvalue weighted by Gasteiger charge is -2.37. The van der Waals surface area contributed by atoms with Gasteiger partial charge in [-0.3, -0.25) is 14.7 Å². The molecule has 0 spiro atoms. The standard InChI is InChI=1S/C24H31FN4O/c1-17-14-26-10-7-19(17)16-29-11-8-18(9-12-29)23-13-20(15-28(23)2)24(30)27-22-5-3-21(25)4-6-22/h3-7,10,14,18,20,23H,8-9,11-13,15-16H2,1-2H3,(H,27,30)/t20-,23+/m1/s1. The lowest BCUT2D eigenvalue weighted by atomic mass is 9.86. The number of aryl methyl sites for hydroxylation is 1. The van der Waals surface area contributed by atoms with Crippen molar-refractivity contribution in [3.8, 4) is 0 Å². The van der Waals surface area contributed by atoms with Gasteiger partial charge in [0.15, 0.2) is 0 Å². The fourth-order valence-corrected chi connectivity index (χ4v) is 4.97. The first-order chi connectivity index (χ1) is 14.5. The molecule has 1 aromatic heterocycles. The Morgan fingerprint density at radius 1 is 1.20 bits per heavy atom. The molecule has 30 heavy (non-hydrogen) atoms. The van der Waals surface area contributed by atoms with E-state index in [0.717, 1.165) is 32.6 Å². The zero-order chi connectivity index (χ0) is 21.1. The number of carbonyl (C=O) groups is 1. The molecule has 2 aliphatic heterocycles. The topological polar surface area (TPSA) is 48.5 Å². The van der Waals surface area contributed by atoms with E-state index in [1.54, 1.807) is 12.1 Å². The average Bonchev–Trinajstić information content (AvgIpc) is 3.14. The van der Waals surface area contributed by atoms with E-state index >= 15 is 0 Å². The Morgan fingerprint density at radius 2 is 1.93 bits per heavy atom. The average molecular weight is 411 g/mol. The van der Waals surface area contributed by atoms with Crippen molar-refractivity contribution in [3.05, 3.63) is 59.7 Å². The van der Waals surface area contributed by atoms with E-state index in [-0.39, 0.29) is 17.6 Å². The molecule has 4 rings (SSSR count). The molecule has 2 aromatic rings. The summed E-state index contributed by atoms with van der Waals surface area (Å²) < 4.78 is 13.1. The van der Waals surface area contributed by atoms with Gasteiger partial charge < -0.3 is 10.2 Å². The Bertz CT molecular complexity index is 864. The van der Waals surface area contributed by atoms with Crippen molar-refractivity contribution in [2.45, 2.75) is 38.8 Å². The van der Waals surface area contributed by atoms with Crippen LogP contribution in [0.15, 0.2) is 42.7 Å². The summed E-state index contributed by atoms with van der Waals surface area (Å²) in [5.41, 5.74) is 3.27. The molecule has 0 unspecified atom stereocenters. The second-order valence-corrected chi connectivity index (χ2v) is 8.85. The van der Waals surface area contributed by atoms with Crippen molar-refractivity contribution in [2.75, 3.05) is 32.0 Å². The summed E-state index contributed by atoms with van der Waals surface area (Å²) in [5, 5.41) is 2.95. The largest absolute Gasteiger partial charge is 0.326 e. The quantitative estimate of drug-likeness (QED) is 0.817. The van der Waals surface area contributed by atoms with Gasteiger partial charge in [0, 0.05) is 37.2 Å². The number of piperidine rings is 1. The maximum absolute atomic E-state index is 13.1. The Labute approximate surface area is 178 Å². The van der Waals surface area contributed by atoms with Crippen LogP contribution in [-0.2, 0) is 11.3 Å². The number of nitrogens with zero attached hydrogens (tertiary/aromatic N) is 3. The molecular formula is C24H31FN4O. The Balaban J connectivity index is 1.28. The predicted octanol–water partition coefficient (Wildman–Crippen LogP) is 3.70. The number of likely N-dealkylation sites (tertiary alicyclic amines) is 2. The molecule has 5 nitrogen and oxygen atoms in total. The minimum Gasteiger partial charge on any atom is -0.326 e. The van der Waals surface area contributed by atoms with E-state index < -0.39 is 0 Å². The van der Waals surface area contributed by atoms with E-state index in [1.165, 1.54) is 36.1 Å². The van der Waals surface area contributed by atoms with Gasteiger partial charge in [-0.05, 0) is 93.7 Å². The number of amides is 1. The van der Waals surface area contributed by atoms with E-state index in [1.807, 2.05) is 12.4 Å². The highest BCUT2D eigenvalue weighted by Crippen LogP contribution is 2.33. The maximum Gasteiger partial charge on any atom is 0.228 e. The minimum atomic E-state index is -0.293. The lowest BCUT2D eigenvalue weighted by molar-refractivity contribution is -0.119. The van der Waals surface area contributed by atoms with Crippen LogP contribution in [0.3, 0.4) is 0 Å². The third kappa shape index (κ3) is 4.87. The maximum atomic E-state index is 13.1. The zero-order valence-corrected chi connectivity index (χ0v) is 17.9. The number of nitrogens with one attached hydrogen (secondary N) is 1. The number of carbonyl (C=O) groups excluding carboxylic acids is 1. The highest BCUT2D eigenvalue weighted by atomic mass is 19.1. The molecule has 2 fully saturated rings. The fraction of sp³-hybridized carbons (Fsp3) is 0.500. The van der Waals surface area contributed by atoms with Crippen LogP contribution in [0.25, 0.3) is 0 Å². The number of benzene rings is 1. The first kappa shape index (κ1) is 20.9. The number of rotatable bonds is 5. The number of aromatic nitrogens is 1. The molecule has 2 atom stereocenters. The molecule has 0 saturated carbocycles. The zero-order valence-electron chi connectivity index (χ0n) is 17.9. The fourth-order valence-electron chi connectivity index (χ4n) is 4.97. The predicted molar refractivity (Wildman–Crippen MR) is 117 cm³/mol. The third-order valence-electron chi connectivity index (χ3n) is 6.79. The second-order valence-electron chi connectivity index (χ2n) is 8.85. The van der Waals surface area contributed by atoms with Crippen LogP contribution in [-0.4, -0.2) is 53.4 Å². The third-order valence-corrected chi connectivity index (χ3v) is 6.79. The van der Waals surface area contributed by atoms with Crippen molar-refractivity contribution in [1.82, 2.24) is 14.8 Å². The van der Waals surface area contributed by atoms with Crippen LogP contribution in [0.5, 0.6) is 0 Å². The normalized spacial score (nSPS) is 23.6.